The molecule has 1 aromatic carbocycles. The summed E-state index contributed by atoms with van der Waals surface area (Å²) in [5.41, 5.74) is 7.49. The Morgan fingerprint density at radius 3 is 2.84 bits per heavy atom. The summed E-state index contributed by atoms with van der Waals surface area (Å²) in [6.07, 6.45) is 0. The van der Waals surface area contributed by atoms with Gasteiger partial charge in [-0.15, -0.1) is 0 Å². The number of benzene rings is 1. The van der Waals surface area contributed by atoms with Crippen LogP contribution < -0.4 is 10.6 Å². The lowest BCUT2D eigenvalue weighted by Gasteiger charge is -2.39. The maximum absolute atomic E-state index is 8.73. The predicted octanol–water partition coefficient (Wildman–Crippen LogP) is 2.88. The quantitative estimate of drug-likeness (QED) is 0.375. The molecule has 104 valence electrons. The lowest BCUT2D eigenvalue weighted by molar-refractivity contribution is 0.318. The third-order valence-electron chi connectivity index (χ3n) is 3.13. The number of oxime groups is 1. The first-order chi connectivity index (χ1) is 8.93. The van der Waals surface area contributed by atoms with Gasteiger partial charge < -0.3 is 15.8 Å². The highest BCUT2D eigenvalue weighted by atomic mass is 79.9. The molecule has 3 N–H and O–H groups in total. The summed E-state index contributed by atoms with van der Waals surface area (Å²) in [6.45, 7) is 6.60. The molecule has 0 spiro atoms. The normalized spacial score (nSPS) is 19.5. The Hall–Kier alpha value is -0.880. The second-order valence-electron chi connectivity index (χ2n) is 5.18. The van der Waals surface area contributed by atoms with Gasteiger partial charge in [-0.1, -0.05) is 5.16 Å². The summed E-state index contributed by atoms with van der Waals surface area (Å²) < 4.78 is 1.12. The van der Waals surface area contributed by atoms with Crippen LogP contribution in [0.25, 0.3) is 0 Å². The fraction of sp³-hybridized carbons (Fsp3) is 0.462. The van der Waals surface area contributed by atoms with Crippen molar-refractivity contribution in [2.45, 2.75) is 18.6 Å². The van der Waals surface area contributed by atoms with Crippen molar-refractivity contribution < 1.29 is 5.21 Å². The summed E-state index contributed by atoms with van der Waals surface area (Å²) in [4.78, 5) is 2.37. The zero-order chi connectivity index (χ0) is 14.0. The Bertz CT molecular complexity index is 505. The highest BCUT2D eigenvalue weighted by Gasteiger charge is 2.27. The molecular weight excluding hydrogens is 326 g/mol. The molecule has 6 heteroatoms. The summed E-state index contributed by atoms with van der Waals surface area (Å²) >= 11 is 5.49. The van der Waals surface area contributed by atoms with Crippen LogP contribution in [0.3, 0.4) is 0 Å². The molecule has 0 aromatic heterocycles. The number of halogens is 1. The smallest absolute Gasteiger partial charge is 0.171 e. The largest absolute Gasteiger partial charge is 0.409 e. The van der Waals surface area contributed by atoms with E-state index in [2.05, 4.69) is 39.8 Å². The average Bonchev–Trinajstić information content (AvgIpc) is 2.36. The molecule has 0 amide bonds. The predicted molar refractivity (Wildman–Crippen MR) is 85.4 cm³/mol. The maximum atomic E-state index is 8.73. The zero-order valence-corrected chi connectivity index (χ0v) is 13.5. The topological polar surface area (TPSA) is 61.8 Å². The Morgan fingerprint density at radius 2 is 2.26 bits per heavy atom. The molecule has 2 rings (SSSR count). The number of nitrogens with zero attached hydrogens (tertiary/aromatic N) is 2. The van der Waals surface area contributed by atoms with Crippen LogP contribution in [0.15, 0.2) is 27.8 Å². The molecule has 0 radical (unpaired) electrons. The molecule has 19 heavy (non-hydrogen) atoms. The minimum absolute atomic E-state index is 0.118. The third-order valence-corrected chi connectivity index (χ3v) is 5.08. The van der Waals surface area contributed by atoms with Gasteiger partial charge in [0.05, 0.1) is 0 Å². The van der Waals surface area contributed by atoms with Crippen LogP contribution in [0.5, 0.6) is 0 Å². The first-order valence-electron chi connectivity index (χ1n) is 6.09. The Balaban J connectivity index is 2.25. The van der Waals surface area contributed by atoms with Gasteiger partial charge in [0.25, 0.3) is 0 Å². The molecular formula is C13H18BrN3OS. The van der Waals surface area contributed by atoms with E-state index in [-0.39, 0.29) is 10.6 Å². The highest BCUT2D eigenvalue weighted by molar-refractivity contribution is 9.10. The van der Waals surface area contributed by atoms with E-state index >= 15 is 0 Å². The standard InChI is InChI=1S/C13H18BrN3OS/c1-13(2)8-17(5-6-19-13)9-3-4-10(11(14)7-9)12(15)16-18/h3-4,7,18H,5-6,8H2,1-2H3,(H2,15,16). The lowest BCUT2D eigenvalue weighted by atomic mass is 10.1. The first-order valence-corrected chi connectivity index (χ1v) is 7.87. The van der Waals surface area contributed by atoms with E-state index in [0.717, 1.165) is 29.0 Å². The fourth-order valence-corrected chi connectivity index (χ4v) is 3.88. The molecule has 1 aromatic rings. The van der Waals surface area contributed by atoms with Crippen molar-refractivity contribution in [2.24, 2.45) is 10.9 Å². The van der Waals surface area contributed by atoms with Crippen LogP contribution in [0, 0.1) is 0 Å². The van der Waals surface area contributed by atoms with Crippen molar-refractivity contribution in [1.29, 1.82) is 0 Å². The number of hydrogen-bond acceptors (Lipinski definition) is 4. The minimum Gasteiger partial charge on any atom is -0.409 e. The van der Waals surface area contributed by atoms with E-state index < -0.39 is 0 Å². The Kier molecular flexibility index (Phi) is 4.30. The van der Waals surface area contributed by atoms with Crippen LogP contribution in [0.1, 0.15) is 19.4 Å². The van der Waals surface area contributed by atoms with Gasteiger partial charge in [0.1, 0.15) is 0 Å². The molecule has 0 atom stereocenters. The number of anilines is 1. The van der Waals surface area contributed by atoms with Crippen molar-refractivity contribution in [1.82, 2.24) is 0 Å². The molecule has 1 aliphatic rings. The van der Waals surface area contributed by atoms with E-state index in [1.54, 1.807) is 0 Å². The van der Waals surface area contributed by atoms with Crippen molar-refractivity contribution in [3.63, 3.8) is 0 Å². The summed E-state index contributed by atoms with van der Waals surface area (Å²) in [7, 11) is 0. The number of nitrogens with two attached hydrogens (primary N) is 1. The lowest BCUT2D eigenvalue weighted by Crippen LogP contribution is -2.43. The Morgan fingerprint density at radius 1 is 1.53 bits per heavy atom. The number of amidine groups is 1. The molecule has 0 aliphatic carbocycles. The van der Waals surface area contributed by atoms with Crippen molar-refractivity contribution in [3.05, 3.63) is 28.2 Å². The van der Waals surface area contributed by atoms with E-state index in [0.29, 0.717) is 5.56 Å². The summed E-state index contributed by atoms with van der Waals surface area (Å²) in [5, 5.41) is 11.8. The summed E-state index contributed by atoms with van der Waals surface area (Å²) in [5.74, 6) is 1.25. The fourth-order valence-electron chi connectivity index (χ4n) is 2.20. The highest BCUT2D eigenvalue weighted by Crippen LogP contribution is 2.33. The SMILES string of the molecule is CC1(C)CN(c2ccc(/C(N)=N/O)c(Br)c2)CCS1. The second-order valence-corrected chi connectivity index (χ2v) is 7.84. The first kappa shape index (κ1) is 14.5. The van der Waals surface area contributed by atoms with Gasteiger partial charge in [-0.2, -0.15) is 11.8 Å². The molecule has 1 aliphatic heterocycles. The van der Waals surface area contributed by atoms with Crippen molar-refractivity contribution in [3.8, 4) is 0 Å². The average molecular weight is 344 g/mol. The van der Waals surface area contributed by atoms with Gasteiger partial charge in [-0.25, -0.2) is 0 Å². The van der Waals surface area contributed by atoms with Crippen LogP contribution >= 0.6 is 27.7 Å². The monoisotopic (exact) mass is 343 g/mol. The second kappa shape index (κ2) is 5.63. The molecule has 0 bridgehead atoms. The van der Waals surface area contributed by atoms with Gasteiger partial charge >= 0.3 is 0 Å². The number of thioether (sulfide) groups is 1. The van der Waals surface area contributed by atoms with Gasteiger partial charge in [-0.3, -0.25) is 0 Å². The molecule has 1 fully saturated rings. The van der Waals surface area contributed by atoms with E-state index in [4.69, 9.17) is 10.9 Å². The van der Waals surface area contributed by atoms with Gasteiger partial charge in [0.2, 0.25) is 0 Å². The minimum atomic E-state index is 0.118. The van der Waals surface area contributed by atoms with Crippen LogP contribution in [0.4, 0.5) is 5.69 Å². The molecule has 1 heterocycles. The third kappa shape index (κ3) is 3.36. The van der Waals surface area contributed by atoms with E-state index in [1.807, 2.05) is 30.0 Å². The molecule has 4 nitrogen and oxygen atoms in total. The van der Waals surface area contributed by atoms with Gasteiger partial charge in [0, 0.05) is 39.3 Å². The van der Waals surface area contributed by atoms with Crippen LogP contribution in [0.2, 0.25) is 0 Å². The molecule has 0 saturated carbocycles. The number of hydrogen-bond donors (Lipinski definition) is 2. The van der Waals surface area contributed by atoms with Crippen molar-refractivity contribution in [2.75, 3.05) is 23.7 Å². The van der Waals surface area contributed by atoms with E-state index in [9.17, 15) is 0 Å². The number of rotatable bonds is 2. The maximum Gasteiger partial charge on any atom is 0.171 e. The van der Waals surface area contributed by atoms with Crippen molar-refractivity contribution >= 4 is 39.2 Å². The van der Waals surface area contributed by atoms with E-state index in [1.165, 1.54) is 0 Å². The molecule has 0 unspecified atom stereocenters. The van der Waals surface area contributed by atoms with Gasteiger partial charge in [0.15, 0.2) is 5.84 Å². The van der Waals surface area contributed by atoms with Gasteiger partial charge in [-0.05, 0) is 48.0 Å². The zero-order valence-electron chi connectivity index (χ0n) is 11.1. The summed E-state index contributed by atoms with van der Waals surface area (Å²) in [6, 6.07) is 5.92. The molecule has 1 saturated heterocycles. The Labute approximate surface area is 126 Å². The van der Waals surface area contributed by atoms with Crippen LogP contribution in [-0.2, 0) is 0 Å². The van der Waals surface area contributed by atoms with Crippen LogP contribution in [-0.4, -0.2) is 34.6 Å².